The molecule has 1 aliphatic rings. The number of nitrogens with one attached hydrogen (secondary N) is 1. The molecule has 0 spiro atoms. The molecule has 4 rings (SSSR count). The van der Waals surface area contributed by atoms with Crippen molar-refractivity contribution >= 4 is 28.3 Å². The molecule has 28 heavy (non-hydrogen) atoms. The van der Waals surface area contributed by atoms with Gasteiger partial charge in [0.1, 0.15) is 5.82 Å². The average molecular weight is 396 g/mol. The Morgan fingerprint density at radius 1 is 1.29 bits per heavy atom. The van der Waals surface area contributed by atoms with E-state index >= 15 is 0 Å². The molecular weight excluding hydrogens is 379 g/mol. The fourth-order valence-corrected chi connectivity index (χ4v) is 3.90. The summed E-state index contributed by atoms with van der Waals surface area (Å²) in [6.07, 6.45) is 1.56. The van der Waals surface area contributed by atoms with Crippen LogP contribution in [0, 0.1) is 12.7 Å². The largest absolute Gasteiger partial charge is 0.448 e. The number of halogens is 1. The second-order valence-corrected chi connectivity index (χ2v) is 7.80. The van der Waals surface area contributed by atoms with Gasteiger partial charge in [-0.05, 0) is 36.2 Å². The topological polar surface area (TPSA) is 68.3 Å². The number of ether oxygens (including phenoxy) is 1. The summed E-state index contributed by atoms with van der Waals surface area (Å²) in [6.45, 7) is 2.04. The second-order valence-electron chi connectivity index (χ2n) is 6.68. The van der Waals surface area contributed by atoms with E-state index in [1.54, 1.807) is 6.20 Å². The summed E-state index contributed by atoms with van der Waals surface area (Å²) in [4.78, 5) is 29.8. The Morgan fingerprint density at radius 3 is 2.86 bits per heavy atom. The quantitative estimate of drug-likeness (QED) is 0.679. The molecule has 1 atom stereocenters. The summed E-state index contributed by atoms with van der Waals surface area (Å²) in [5, 5.41) is 3.13. The number of cyclic esters (lactones) is 1. The van der Waals surface area contributed by atoms with Crippen LogP contribution in [-0.2, 0) is 22.4 Å². The van der Waals surface area contributed by atoms with Crippen molar-refractivity contribution in [3.05, 3.63) is 81.6 Å². The van der Waals surface area contributed by atoms with Crippen molar-refractivity contribution in [2.24, 2.45) is 0 Å². The number of carbonyl (C=O) groups is 2. The van der Waals surface area contributed by atoms with Crippen molar-refractivity contribution in [2.75, 3.05) is 5.32 Å². The minimum atomic E-state index is -1.01. The van der Waals surface area contributed by atoms with Crippen molar-refractivity contribution < 1.29 is 18.7 Å². The van der Waals surface area contributed by atoms with Crippen LogP contribution in [0.25, 0.3) is 0 Å². The van der Waals surface area contributed by atoms with Crippen LogP contribution in [0.5, 0.6) is 0 Å². The Hall–Kier alpha value is -3.06. The van der Waals surface area contributed by atoms with Crippen LogP contribution in [0.1, 0.15) is 31.9 Å². The zero-order valence-electron chi connectivity index (χ0n) is 15.1. The van der Waals surface area contributed by atoms with E-state index in [1.165, 1.54) is 35.1 Å². The number of esters is 1. The summed E-state index contributed by atoms with van der Waals surface area (Å²) in [5.41, 5.74) is 3.12. The van der Waals surface area contributed by atoms with Gasteiger partial charge >= 0.3 is 5.97 Å². The number of anilines is 1. The van der Waals surface area contributed by atoms with Gasteiger partial charge in [-0.3, -0.25) is 10.1 Å². The lowest BCUT2D eigenvalue weighted by molar-refractivity contribution is -0.125. The molecule has 142 valence electrons. The maximum absolute atomic E-state index is 13.4. The molecule has 0 saturated carbocycles. The van der Waals surface area contributed by atoms with E-state index in [0.717, 1.165) is 16.9 Å². The van der Waals surface area contributed by atoms with Crippen molar-refractivity contribution in [3.8, 4) is 0 Å². The number of aromatic nitrogens is 1. The zero-order valence-corrected chi connectivity index (χ0v) is 15.9. The van der Waals surface area contributed by atoms with Gasteiger partial charge < -0.3 is 4.74 Å². The van der Waals surface area contributed by atoms with Gasteiger partial charge in [0.25, 0.3) is 5.91 Å². The van der Waals surface area contributed by atoms with E-state index in [0.29, 0.717) is 16.3 Å². The highest BCUT2D eigenvalue weighted by molar-refractivity contribution is 7.15. The molecule has 0 radical (unpaired) electrons. The molecule has 2 aromatic carbocycles. The van der Waals surface area contributed by atoms with Crippen LogP contribution in [0.2, 0.25) is 0 Å². The second kappa shape index (κ2) is 7.52. The average Bonchev–Trinajstić information content (AvgIpc) is 3.10. The Kier molecular flexibility index (Phi) is 4.92. The number of hydrogen-bond donors (Lipinski definition) is 1. The number of nitrogens with zero attached hydrogens (tertiary/aromatic N) is 1. The van der Waals surface area contributed by atoms with Gasteiger partial charge in [0.15, 0.2) is 11.2 Å². The molecule has 3 aromatic rings. The molecule has 0 aliphatic carbocycles. The zero-order chi connectivity index (χ0) is 19.7. The number of hydrogen-bond acceptors (Lipinski definition) is 5. The predicted molar refractivity (Wildman–Crippen MR) is 104 cm³/mol. The Balaban J connectivity index is 1.42. The number of aryl methyl sites for hydroxylation is 1. The van der Waals surface area contributed by atoms with E-state index in [2.05, 4.69) is 34.6 Å². The first-order valence-electron chi connectivity index (χ1n) is 8.78. The molecular formula is C21H17FN2O3S. The van der Waals surface area contributed by atoms with Crippen LogP contribution in [0.3, 0.4) is 0 Å². The summed E-state index contributed by atoms with van der Waals surface area (Å²) >= 11 is 1.37. The van der Waals surface area contributed by atoms with Gasteiger partial charge in [0.05, 0.1) is 5.56 Å². The summed E-state index contributed by atoms with van der Waals surface area (Å²) in [6, 6.07) is 12.1. The monoisotopic (exact) mass is 396 g/mol. The molecule has 5 nitrogen and oxygen atoms in total. The van der Waals surface area contributed by atoms with E-state index in [9.17, 15) is 14.0 Å². The summed E-state index contributed by atoms with van der Waals surface area (Å²) in [5.74, 6) is -1.55. The Bertz CT molecular complexity index is 1050. The first-order valence-corrected chi connectivity index (χ1v) is 9.60. The number of fused-ring (bicyclic) bond motifs is 1. The number of amides is 1. The van der Waals surface area contributed by atoms with Gasteiger partial charge in [0, 0.05) is 23.9 Å². The van der Waals surface area contributed by atoms with Crippen LogP contribution >= 0.6 is 11.3 Å². The summed E-state index contributed by atoms with van der Waals surface area (Å²) < 4.78 is 18.6. The van der Waals surface area contributed by atoms with E-state index in [1.807, 2.05) is 6.92 Å². The SMILES string of the molecule is Cc1ccc(Cc2cnc(NC(=O)C3Cc4cc(F)ccc4C(=O)O3)s2)cc1. The maximum atomic E-state index is 13.4. The lowest BCUT2D eigenvalue weighted by atomic mass is 9.98. The van der Waals surface area contributed by atoms with E-state index in [4.69, 9.17) is 4.74 Å². The molecule has 0 fully saturated rings. The van der Waals surface area contributed by atoms with Gasteiger partial charge in [-0.2, -0.15) is 0 Å². The van der Waals surface area contributed by atoms with E-state index < -0.39 is 23.8 Å². The van der Waals surface area contributed by atoms with Crippen LogP contribution in [0.4, 0.5) is 9.52 Å². The minimum Gasteiger partial charge on any atom is -0.448 e. The molecule has 1 aliphatic heterocycles. The molecule has 1 unspecified atom stereocenters. The lowest BCUT2D eigenvalue weighted by Gasteiger charge is -2.23. The standard InChI is InChI=1S/C21H17FN2O3S/c1-12-2-4-13(5-3-12)8-16-11-23-21(28-16)24-19(25)18-10-14-9-15(22)6-7-17(14)20(26)27-18/h2-7,9,11,18H,8,10H2,1H3,(H,23,24,25). The van der Waals surface area contributed by atoms with Crippen molar-refractivity contribution in [2.45, 2.75) is 25.9 Å². The highest BCUT2D eigenvalue weighted by Crippen LogP contribution is 2.25. The number of carbonyl (C=O) groups excluding carboxylic acids is 2. The smallest absolute Gasteiger partial charge is 0.339 e. The lowest BCUT2D eigenvalue weighted by Crippen LogP contribution is -2.38. The van der Waals surface area contributed by atoms with Crippen LogP contribution in [-0.4, -0.2) is 23.0 Å². The Labute approximate surface area is 165 Å². The Morgan fingerprint density at radius 2 is 2.07 bits per heavy atom. The molecule has 7 heteroatoms. The van der Waals surface area contributed by atoms with E-state index in [-0.39, 0.29) is 6.42 Å². The van der Waals surface area contributed by atoms with Crippen LogP contribution in [0.15, 0.2) is 48.7 Å². The van der Waals surface area contributed by atoms with Crippen molar-refractivity contribution in [3.63, 3.8) is 0 Å². The van der Waals surface area contributed by atoms with Gasteiger partial charge in [-0.15, -0.1) is 11.3 Å². The molecule has 1 aromatic heterocycles. The first kappa shape index (κ1) is 18.3. The van der Waals surface area contributed by atoms with Gasteiger partial charge in [-0.1, -0.05) is 29.8 Å². The van der Waals surface area contributed by atoms with Crippen molar-refractivity contribution in [1.82, 2.24) is 4.98 Å². The maximum Gasteiger partial charge on any atom is 0.339 e. The number of rotatable bonds is 4. The minimum absolute atomic E-state index is 0.131. The fourth-order valence-electron chi connectivity index (χ4n) is 3.05. The predicted octanol–water partition coefficient (Wildman–Crippen LogP) is 3.90. The highest BCUT2D eigenvalue weighted by atomic mass is 32.1. The molecule has 2 heterocycles. The van der Waals surface area contributed by atoms with Crippen molar-refractivity contribution in [1.29, 1.82) is 0 Å². The number of benzene rings is 2. The third kappa shape index (κ3) is 3.94. The van der Waals surface area contributed by atoms with Gasteiger partial charge in [0.2, 0.25) is 0 Å². The third-order valence-electron chi connectivity index (χ3n) is 4.52. The molecule has 0 bridgehead atoms. The third-order valence-corrected chi connectivity index (χ3v) is 5.43. The molecule has 0 saturated heterocycles. The normalized spacial score (nSPS) is 15.6. The number of thiazole rings is 1. The fraction of sp³-hybridized carbons (Fsp3) is 0.190. The van der Waals surface area contributed by atoms with Crippen LogP contribution < -0.4 is 5.32 Å². The molecule has 1 amide bonds. The summed E-state index contributed by atoms with van der Waals surface area (Å²) in [7, 11) is 0. The first-order chi connectivity index (χ1) is 13.5. The highest BCUT2D eigenvalue weighted by Gasteiger charge is 2.32. The van der Waals surface area contributed by atoms with Gasteiger partial charge in [-0.25, -0.2) is 14.2 Å². The molecule has 1 N–H and O–H groups in total.